The molecule has 6 nitrogen and oxygen atoms in total. The molecule has 4 rings (SSSR count). The molecule has 23 heavy (non-hydrogen) atoms. The molecule has 116 valence electrons. The number of hydrogen-bond donors (Lipinski definition) is 1. The first-order valence-electron chi connectivity index (χ1n) is 7.52. The number of tetrazole rings is 1. The summed E-state index contributed by atoms with van der Waals surface area (Å²) in [5.74, 6) is -0.0767. The zero-order valence-corrected chi connectivity index (χ0v) is 13.2. The molecule has 1 N–H and O–H groups in total. The van der Waals surface area contributed by atoms with Gasteiger partial charge in [0.1, 0.15) is 11.2 Å². The van der Waals surface area contributed by atoms with E-state index >= 15 is 0 Å². The van der Waals surface area contributed by atoms with Crippen LogP contribution in [0.3, 0.4) is 0 Å². The minimum absolute atomic E-state index is 0.0660. The molecule has 1 aliphatic rings. The summed E-state index contributed by atoms with van der Waals surface area (Å²) in [7, 11) is 0. The second kappa shape index (κ2) is 5.92. The van der Waals surface area contributed by atoms with Gasteiger partial charge in [0.15, 0.2) is 0 Å². The van der Waals surface area contributed by atoms with E-state index in [0.717, 1.165) is 19.3 Å². The van der Waals surface area contributed by atoms with Gasteiger partial charge in [-0.1, -0.05) is 24.3 Å². The van der Waals surface area contributed by atoms with Crippen LogP contribution in [-0.4, -0.2) is 26.1 Å². The average Bonchev–Trinajstić information content (AvgIpc) is 3.26. The number of aryl methyl sites for hydroxylation is 1. The standard InChI is InChI=1S/C16H15N5OS/c22-16(15-14(8-9-23-15)21-10-17-19-20-21)18-13-7-3-5-11-4-1-2-6-12(11)13/h1-2,4,6,8-10,13H,3,5,7H2,(H,18,22)/t13-/m0/s1. The molecule has 0 spiro atoms. The molecule has 0 fully saturated rings. The van der Waals surface area contributed by atoms with E-state index in [-0.39, 0.29) is 11.9 Å². The maximum atomic E-state index is 12.7. The lowest BCUT2D eigenvalue weighted by Crippen LogP contribution is -2.31. The predicted molar refractivity (Wildman–Crippen MR) is 86.6 cm³/mol. The van der Waals surface area contributed by atoms with E-state index in [2.05, 4.69) is 39.0 Å². The summed E-state index contributed by atoms with van der Waals surface area (Å²) in [4.78, 5) is 13.3. The SMILES string of the molecule is O=C(N[C@H]1CCCc2ccccc21)c1sccc1-n1cnnn1. The molecule has 1 aromatic carbocycles. The van der Waals surface area contributed by atoms with Gasteiger partial charge in [-0.05, 0) is 52.3 Å². The highest BCUT2D eigenvalue weighted by Gasteiger charge is 2.24. The molecular weight excluding hydrogens is 310 g/mol. The van der Waals surface area contributed by atoms with Gasteiger partial charge in [-0.2, -0.15) is 4.68 Å². The fraction of sp³-hybridized carbons (Fsp3) is 0.250. The van der Waals surface area contributed by atoms with Crippen molar-refractivity contribution in [2.24, 2.45) is 0 Å². The number of nitrogens with zero attached hydrogens (tertiary/aromatic N) is 4. The van der Waals surface area contributed by atoms with E-state index in [0.29, 0.717) is 10.6 Å². The Labute approximate surface area is 137 Å². The molecule has 1 aliphatic carbocycles. The lowest BCUT2D eigenvalue weighted by Gasteiger charge is -2.26. The number of fused-ring (bicyclic) bond motifs is 1. The van der Waals surface area contributed by atoms with Crippen molar-refractivity contribution in [2.45, 2.75) is 25.3 Å². The number of amides is 1. The van der Waals surface area contributed by atoms with Gasteiger partial charge in [0.05, 0.1) is 11.7 Å². The summed E-state index contributed by atoms with van der Waals surface area (Å²) in [5.41, 5.74) is 3.27. The van der Waals surface area contributed by atoms with Crippen molar-refractivity contribution in [3.05, 3.63) is 58.0 Å². The van der Waals surface area contributed by atoms with Gasteiger partial charge in [0.25, 0.3) is 5.91 Å². The number of aromatic nitrogens is 4. The van der Waals surface area contributed by atoms with Crippen LogP contribution in [0.15, 0.2) is 42.0 Å². The zero-order valence-electron chi connectivity index (χ0n) is 12.3. The second-order valence-electron chi connectivity index (χ2n) is 5.51. The van der Waals surface area contributed by atoms with Crippen LogP contribution in [0.4, 0.5) is 0 Å². The molecule has 2 aromatic heterocycles. The fourth-order valence-electron chi connectivity index (χ4n) is 3.05. The van der Waals surface area contributed by atoms with Gasteiger partial charge in [-0.15, -0.1) is 16.4 Å². The summed E-state index contributed by atoms with van der Waals surface area (Å²) in [6.45, 7) is 0. The van der Waals surface area contributed by atoms with Crippen LogP contribution in [0.25, 0.3) is 5.69 Å². The Morgan fingerprint density at radius 1 is 1.30 bits per heavy atom. The Hall–Kier alpha value is -2.54. The molecule has 2 heterocycles. The number of thiophene rings is 1. The monoisotopic (exact) mass is 325 g/mol. The van der Waals surface area contributed by atoms with Gasteiger partial charge < -0.3 is 5.32 Å². The van der Waals surface area contributed by atoms with Gasteiger partial charge >= 0.3 is 0 Å². The van der Waals surface area contributed by atoms with E-state index in [1.54, 1.807) is 0 Å². The van der Waals surface area contributed by atoms with Crippen molar-refractivity contribution in [1.29, 1.82) is 0 Å². The Bertz CT molecular complexity index is 827. The molecule has 1 amide bonds. The molecule has 0 radical (unpaired) electrons. The number of carbonyl (C=O) groups is 1. The largest absolute Gasteiger partial charge is 0.344 e. The molecule has 0 unspecified atom stereocenters. The Morgan fingerprint density at radius 3 is 3.09 bits per heavy atom. The van der Waals surface area contributed by atoms with Crippen molar-refractivity contribution in [2.75, 3.05) is 0 Å². The maximum Gasteiger partial charge on any atom is 0.264 e. The third kappa shape index (κ3) is 2.63. The third-order valence-corrected chi connectivity index (χ3v) is 5.02. The van der Waals surface area contributed by atoms with Crippen molar-refractivity contribution < 1.29 is 4.79 Å². The first kappa shape index (κ1) is 14.1. The van der Waals surface area contributed by atoms with Crippen molar-refractivity contribution in [3.63, 3.8) is 0 Å². The maximum absolute atomic E-state index is 12.7. The smallest absolute Gasteiger partial charge is 0.264 e. The van der Waals surface area contributed by atoms with Gasteiger partial charge in [0.2, 0.25) is 0 Å². The van der Waals surface area contributed by atoms with E-state index in [4.69, 9.17) is 0 Å². The number of carbonyl (C=O) groups excluding carboxylic acids is 1. The normalized spacial score (nSPS) is 16.8. The van der Waals surface area contributed by atoms with E-state index in [9.17, 15) is 4.79 Å². The van der Waals surface area contributed by atoms with Gasteiger partial charge in [-0.25, -0.2) is 0 Å². The predicted octanol–water partition coefficient (Wildman–Crippen LogP) is 2.53. The lowest BCUT2D eigenvalue weighted by atomic mass is 9.88. The number of hydrogen-bond acceptors (Lipinski definition) is 5. The van der Waals surface area contributed by atoms with Crippen LogP contribution in [0.5, 0.6) is 0 Å². The highest BCUT2D eigenvalue weighted by atomic mass is 32.1. The summed E-state index contributed by atoms with van der Waals surface area (Å²) in [5, 5.41) is 16.2. The first-order chi connectivity index (χ1) is 11.3. The van der Waals surface area contributed by atoms with E-state index in [1.807, 2.05) is 17.5 Å². The third-order valence-electron chi connectivity index (χ3n) is 4.12. The van der Waals surface area contributed by atoms with Crippen LogP contribution in [-0.2, 0) is 6.42 Å². The second-order valence-corrected chi connectivity index (χ2v) is 6.42. The van der Waals surface area contributed by atoms with Crippen molar-refractivity contribution in [1.82, 2.24) is 25.5 Å². The lowest BCUT2D eigenvalue weighted by molar-refractivity contribution is 0.0936. The fourth-order valence-corrected chi connectivity index (χ4v) is 3.83. The molecule has 7 heteroatoms. The Morgan fingerprint density at radius 2 is 2.22 bits per heavy atom. The molecular formula is C16H15N5OS. The molecule has 1 atom stereocenters. The average molecular weight is 325 g/mol. The van der Waals surface area contributed by atoms with E-state index < -0.39 is 0 Å². The Balaban J connectivity index is 1.59. The van der Waals surface area contributed by atoms with E-state index in [1.165, 1.54) is 33.5 Å². The van der Waals surface area contributed by atoms with Crippen LogP contribution < -0.4 is 5.32 Å². The van der Waals surface area contributed by atoms with Crippen LogP contribution in [0, 0.1) is 0 Å². The minimum atomic E-state index is -0.0767. The number of rotatable bonds is 3. The van der Waals surface area contributed by atoms with Crippen molar-refractivity contribution in [3.8, 4) is 5.69 Å². The Kier molecular flexibility index (Phi) is 3.63. The molecule has 0 saturated heterocycles. The minimum Gasteiger partial charge on any atom is -0.344 e. The molecule has 0 saturated carbocycles. The van der Waals surface area contributed by atoms with Crippen molar-refractivity contribution >= 4 is 17.2 Å². The van der Waals surface area contributed by atoms with Gasteiger partial charge in [0, 0.05) is 0 Å². The van der Waals surface area contributed by atoms with Gasteiger partial charge in [-0.3, -0.25) is 4.79 Å². The number of nitrogens with one attached hydrogen (secondary N) is 1. The topological polar surface area (TPSA) is 72.7 Å². The molecule has 0 aliphatic heterocycles. The molecule has 0 bridgehead atoms. The van der Waals surface area contributed by atoms with Crippen LogP contribution in [0.1, 0.15) is 39.7 Å². The highest BCUT2D eigenvalue weighted by molar-refractivity contribution is 7.12. The molecule has 3 aromatic rings. The first-order valence-corrected chi connectivity index (χ1v) is 8.40. The van der Waals surface area contributed by atoms with Crippen LogP contribution >= 0.6 is 11.3 Å². The highest BCUT2D eigenvalue weighted by Crippen LogP contribution is 2.30. The van der Waals surface area contributed by atoms with Crippen LogP contribution in [0.2, 0.25) is 0 Å². The quantitative estimate of drug-likeness (QED) is 0.803. The number of benzene rings is 1. The summed E-state index contributed by atoms with van der Waals surface area (Å²) < 4.78 is 1.51. The summed E-state index contributed by atoms with van der Waals surface area (Å²) in [6.07, 6.45) is 4.63. The summed E-state index contributed by atoms with van der Waals surface area (Å²) in [6, 6.07) is 10.3. The summed E-state index contributed by atoms with van der Waals surface area (Å²) >= 11 is 1.40. The zero-order chi connectivity index (χ0) is 15.6.